The number of piperazine rings is 1. The van der Waals surface area contributed by atoms with E-state index in [1.165, 1.54) is 0 Å². The molecule has 0 radical (unpaired) electrons. The molecule has 1 saturated heterocycles. The summed E-state index contributed by atoms with van der Waals surface area (Å²) in [5.74, 6) is 1.58. The second-order valence-electron chi connectivity index (χ2n) is 7.53. The molecule has 0 amide bonds. The van der Waals surface area contributed by atoms with E-state index in [0.717, 1.165) is 47.2 Å². The van der Waals surface area contributed by atoms with Crippen molar-refractivity contribution in [3.05, 3.63) is 48.8 Å². The molecule has 3 heterocycles. The molecule has 3 aromatic rings. The zero-order valence-corrected chi connectivity index (χ0v) is 17.4. The van der Waals surface area contributed by atoms with Crippen LogP contribution in [0.2, 0.25) is 0 Å². The molecule has 7 nitrogen and oxygen atoms in total. The Hall–Kier alpha value is -3.00. The highest BCUT2D eigenvalue weighted by molar-refractivity contribution is 7.80. The number of pyridine rings is 1. The molecule has 1 fully saturated rings. The van der Waals surface area contributed by atoms with Crippen LogP contribution in [-0.4, -0.2) is 50.6 Å². The predicted molar refractivity (Wildman–Crippen MR) is 122 cm³/mol. The van der Waals surface area contributed by atoms with Crippen LogP contribution in [0, 0.1) is 5.92 Å². The lowest BCUT2D eigenvalue weighted by atomic mass is 10.00. The molecule has 0 saturated carbocycles. The van der Waals surface area contributed by atoms with E-state index in [1.54, 1.807) is 12.4 Å². The normalized spacial score (nSPS) is 17.0. The highest BCUT2D eigenvalue weighted by atomic mass is 32.1. The maximum Gasteiger partial charge on any atom is 0.221 e. The van der Waals surface area contributed by atoms with Gasteiger partial charge in [-0.2, -0.15) is 4.98 Å². The number of thiocarbonyl (C=S) groups is 1. The summed E-state index contributed by atoms with van der Waals surface area (Å²) in [7, 11) is 0. The lowest BCUT2D eigenvalue weighted by molar-refractivity contribution is 0.227. The zero-order chi connectivity index (χ0) is 20.4. The first-order chi connectivity index (χ1) is 14.0. The molecular formula is C21H25N7S. The molecule has 2 aromatic heterocycles. The van der Waals surface area contributed by atoms with Gasteiger partial charge in [0.15, 0.2) is 5.11 Å². The Morgan fingerprint density at radius 1 is 1.14 bits per heavy atom. The zero-order valence-electron chi connectivity index (χ0n) is 16.6. The number of anilines is 3. The first-order valence-corrected chi connectivity index (χ1v) is 10.2. The number of rotatable bonds is 3. The van der Waals surface area contributed by atoms with Gasteiger partial charge in [0.2, 0.25) is 5.95 Å². The number of nitrogens with zero attached hydrogens (tertiary/aromatic N) is 5. The van der Waals surface area contributed by atoms with Crippen LogP contribution >= 0.6 is 12.2 Å². The molecule has 0 spiro atoms. The van der Waals surface area contributed by atoms with Crippen LogP contribution in [0.5, 0.6) is 0 Å². The number of nitrogens with two attached hydrogens (primary N) is 1. The predicted octanol–water partition coefficient (Wildman–Crippen LogP) is 3.15. The summed E-state index contributed by atoms with van der Waals surface area (Å²) in [4.78, 5) is 17.3. The van der Waals surface area contributed by atoms with Gasteiger partial charge in [0.05, 0.1) is 11.6 Å². The van der Waals surface area contributed by atoms with E-state index in [1.807, 2.05) is 30.3 Å². The second-order valence-corrected chi connectivity index (χ2v) is 7.92. The first-order valence-electron chi connectivity index (χ1n) is 9.78. The average molecular weight is 408 g/mol. The van der Waals surface area contributed by atoms with Crippen LogP contribution in [0.3, 0.4) is 0 Å². The molecule has 1 aromatic carbocycles. The van der Waals surface area contributed by atoms with E-state index in [-0.39, 0.29) is 6.04 Å². The Morgan fingerprint density at radius 2 is 2.00 bits per heavy atom. The monoisotopic (exact) mass is 407 g/mol. The smallest absolute Gasteiger partial charge is 0.221 e. The van der Waals surface area contributed by atoms with Crippen molar-refractivity contribution in [2.24, 2.45) is 5.92 Å². The summed E-state index contributed by atoms with van der Waals surface area (Å²) in [6, 6.07) is 12.2. The summed E-state index contributed by atoms with van der Waals surface area (Å²) in [5.41, 5.74) is 7.70. The summed E-state index contributed by atoms with van der Waals surface area (Å²) in [6.45, 7) is 6.90. The largest absolute Gasteiger partial charge is 0.368 e. The maximum atomic E-state index is 5.82. The molecule has 1 atom stereocenters. The van der Waals surface area contributed by atoms with E-state index in [2.05, 4.69) is 50.0 Å². The van der Waals surface area contributed by atoms with Crippen molar-refractivity contribution in [1.82, 2.24) is 19.9 Å². The van der Waals surface area contributed by atoms with E-state index >= 15 is 0 Å². The van der Waals surface area contributed by atoms with Gasteiger partial charge in [-0.3, -0.25) is 4.98 Å². The minimum Gasteiger partial charge on any atom is -0.368 e. The lowest BCUT2D eigenvalue weighted by Crippen LogP contribution is -2.58. The fourth-order valence-corrected chi connectivity index (χ4v) is 4.12. The standard InChI is InChI=1S/C21H25N7S/c1-14(2)18-13-27(19-8-10-24-20(22)26-19)11-12-28(18)21(29)25-17-7-3-6-16-15(17)5-4-9-23-16/h3-10,14,18H,11-13H2,1-2H3,(H,25,29)(H2,22,24,26). The summed E-state index contributed by atoms with van der Waals surface area (Å²) < 4.78 is 0. The van der Waals surface area contributed by atoms with Crippen LogP contribution in [0.15, 0.2) is 48.8 Å². The van der Waals surface area contributed by atoms with Gasteiger partial charge in [-0.25, -0.2) is 4.98 Å². The maximum absolute atomic E-state index is 5.82. The molecule has 150 valence electrons. The van der Waals surface area contributed by atoms with Crippen molar-refractivity contribution >= 4 is 45.7 Å². The lowest BCUT2D eigenvalue weighted by Gasteiger charge is -2.45. The highest BCUT2D eigenvalue weighted by Gasteiger charge is 2.31. The number of hydrogen-bond donors (Lipinski definition) is 2. The van der Waals surface area contributed by atoms with E-state index in [0.29, 0.717) is 11.9 Å². The number of nitrogen functional groups attached to an aromatic ring is 1. The quantitative estimate of drug-likeness (QED) is 0.641. The summed E-state index contributed by atoms with van der Waals surface area (Å²) >= 11 is 5.82. The van der Waals surface area contributed by atoms with Crippen LogP contribution < -0.4 is 16.0 Å². The summed E-state index contributed by atoms with van der Waals surface area (Å²) in [5, 5.41) is 5.26. The third kappa shape index (κ3) is 4.07. The Kier molecular flexibility index (Phi) is 5.44. The van der Waals surface area contributed by atoms with Crippen molar-refractivity contribution in [3.8, 4) is 0 Å². The molecule has 4 rings (SSSR count). The Bertz CT molecular complexity index is 1020. The van der Waals surface area contributed by atoms with Crippen molar-refractivity contribution in [1.29, 1.82) is 0 Å². The van der Waals surface area contributed by atoms with Gasteiger partial charge in [0.25, 0.3) is 0 Å². The average Bonchev–Trinajstić information content (AvgIpc) is 2.73. The van der Waals surface area contributed by atoms with E-state index < -0.39 is 0 Å². The molecule has 1 aliphatic rings. The molecule has 0 bridgehead atoms. The topological polar surface area (TPSA) is 83.2 Å². The van der Waals surface area contributed by atoms with Gasteiger partial charge in [-0.15, -0.1) is 0 Å². The minimum absolute atomic E-state index is 0.257. The van der Waals surface area contributed by atoms with Gasteiger partial charge in [0.1, 0.15) is 5.82 Å². The van der Waals surface area contributed by atoms with Gasteiger partial charge >= 0.3 is 0 Å². The number of fused-ring (bicyclic) bond motifs is 1. The fourth-order valence-electron chi connectivity index (χ4n) is 3.78. The van der Waals surface area contributed by atoms with E-state index in [9.17, 15) is 0 Å². The van der Waals surface area contributed by atoms with Gasteiger partial charge in [0, 0.05) is 43.1 Å². The molecule has 1 unspecified atom stereocenters. The number of nitrogens with one attached hydrogen (secondary N) is 1. The SMILES string of the molecule is CC(C)C1CN(c2ccnc(N)n2)CCN1C(=S)Nc1cccc2ncccc12. The molecule has 0 aliphatic carbocycles. The van der Waals surface area contributed by atoms with Crippen LogP contribution in [-0.2, 0) is 0 Å². The van der Waals surface area contributed by atoms with Crippen molar-refractivity contribution in [2.45, 2.75) is 19.9 Å². The second kappa shape index (κ2) is 8.16. The fraction of sp³-hybridized carbons (Fsp3) is 0.333. The van der Waals surface area contributed by atoms with Crippen molar-refractivity contribution < 1.29 is 0 Å². The third-order valence-electron chi connectivity index (χ3n) is 5.32. The first kappa shape index (κ1) is 19.3. The Labute approximate surface area is 176 Å². The van der Waals surface area contributed by atoms with Gasteiger partial charge in [-0.05, 0) is 48.5 Å². The van der Waals surface area contributed by atoms with Crippen LogP contribution in [0.4, 0.5) is 17.5 Å². The van der Waals surface area contributed by atoms with E-state index in [4.69, 9.17) is 18.0 Å². The van der Waals surface area contributed by atoms with Gasteiger partial charge < -0.3 is 20.9 Å². The minimum atomic E-state index is 0.257. The van der Waals surface area contributed by atoms with Crippen molar-refractivity contribution in [2.75, 3.05) is 35.6 Å². The van der Waals surface area contributed by atoms with Crippen LogP contribution in [0.1, 0.15) is 13.8 Å². The Morgan fingerprint density at radius 3 is 2.79 bits per heavy atom. The number of hydrogen-bond acceptors (Lipinski definition) is 6. The molecule has 8 heteroatoms. The van der Waals surface area contributed by atoms with Crippen LogP contribution in [0.25, 0.3) is 10.9 Å². The third-order valence-corrected chi connectivity index (χ3v) is 5.66. The van der Waals surface area contributed by atoms with Crippen molar-refractivity contribution in [3.63, 3.8) is 0 Å². The molecule has 3 N–H and O–H groups in total. The van der Waals surface area contributed by atoms with Gasteiger partial charge in [-0.1, -0.05) is 19.9 Å². The number of aromatic nitrogens is 3. The molecular weight excluding hydrogens is 382 g/mol. The summed E-state index contributed by atoms with van der Waals surface area (Å²) in [6.07, 6.45) is 3.51. The molecule has 29 heavy (non-hydrogen) atoms. The number of benzene rings is 1. The Balaban J connectivity index is 1.53. The highest BCUT2D eigenvalue weighted by Crippen LogP contribution is 2.25. The molecule has 1 aliphatic heterocycles.